The zero-order valence-electron chi connectivity index (χ0n) is 13.4. The van der Waals surface area contributed by atoms with Crippen LogP contribution in [0.5, 0.6) is 0 Å². The molecule has 5 nitrogen and oxygen atoms in total. The van der Waals surface area contributed by atoms with Crippen LogP contribution in [0.1, 0.15) is 24.0 Å². The predicted molar refractivity (Wildman–Crippen MR) is 86.2 cm³/mol. The average molecular weight is 300 g/mol. The van der Waals surface area contributed by atoms with Crippen LogP contribution in [0.15, 0.2) is 24.3 Å². The Balaban J connectivity index is 1.71. The molecule has 0 saturated carbocycles. The van der Waals surface area contributed by atoms with Gasteiger partial charge >= 0.3 is 0 Å². The number of rotatable bonds is 5. The molecule has 1 aliphatic heterocycles. The van der Waals surface area contributed by atoms with Gasteiger partial charge in [-0.15, -0.1) is 0 Å². The Morgan fingerprint density at radius 1 is 1.32 bits per heavy atom. The fourth-order valence-corrected chi connectivity index (χ4v) is 2.59. The van der Waals surface area contributed by atoms with E-state index >= 15 is 0 Å². The van der Waals surface area contributed by atoms with Gasteiger partial charge in [-0.05, 0) is 30.5 Å². The number of hydrogen-bond donors (Lipinski definition) is 1. The molecule has 0 spiro atoms. The molecule has 0 aromatic heterocycles. The molecule has 1 aromatic rings. The van der Waals surface area contributed by atoms with E-state index in [1.54, 1.807) is 19.0 Å². The summed E-state index contributed by atoms with van der Waals surface area (Å²) in [6.45, 7) is 3.28. The van der Waals surface area contributed by atoms with Gasteiger partial charge in [-0.2, -0.15) is 5.26 Å². The standard InChI is InChI=1S/C17H24N4O/c1-20(2)17(22)13-21-9-7-16(8-10-21)19-12-15-5-3-14(11-18)4-6-15/h3-6,16,19H,7-10,12-13H2,1-2H3. The lowest BCUT2D eigenvalue weighted by atomic mass is 10.0. The SMILES string of the molecule is CN(C)C(=O)CN1CCC(NCc2ccc(C#N)cc2)CC1. The molecular weight excluding hydrogens is 276 g/mol. The van der Waals surface area contributed by atoms with Gasteiger partial charge in [0.15, 0.2) is 0 Å². The molecule has 0 aliphatic carbocycles. The number of nitrogens with one attached hydrogen (secondary N) is 1. The molecule has 1 N–H and O–H groups in total. The zero-order valence-corrected chi connectivity index (χ0v) is 13.4. The molecule has 5 heteroatoms. The summed E-state index contributed by atoms with van der Waals surface area (Å²) in [6, 6.07) is 10.3. The van der Waals surface area contributed by atoms with Crippen LogP contribution in [0.2, 0.25) is 0 Å². The van der Waals surface area contributed by atoms with Gasteiger partial charge in [0, 0.05) is 39.8 Å². The fourth-order valence-electron chi connectivity index (χ4n) is 2.59. The number of benzene rings is 1. The van der Waals surface area contributed by atoms with Crippen molar-refractivity contribution < 1.29 is 4.79 Å². The number of likely N-dealkylation sites (N-methyl/N-ethyl adjacent to an activating group) is 1. The summed E-state index contributed by atoms with van der Waals surface area (Å²) >= 11 is 0. The molecule has 0 radical (unpaired) electrons. The Morgan fingerprint density at radius 3 is 2.50 bits per heavy atom. The van der Waals surface area contributed by atoms with Crippen molar-refractivity contribution in [2.75, 3.05) is 33.7 Å². The van der Waals surface area contributed by atoms with Crippen LogP contribution in [0, 0.1) is 11.3 Å². The molecule has 1 saturated heterocycles. The van der Waals surface area contributed by atoms with E-state index in [4.69, 9.17) is 5.26 Å². The monoisotopic (exact) mass is 300 g/mol. The van der Waals surface area contributed by atoms with Gasteiger partial charge in [0.1, 0.15) is 0 Å². The lowest BCUT2D eigenvalue weighted by Gasteiger charge is -2.32. The van der Waals surface area contributed by atoms with E-state index < -0.39 is 0 Å². The normalized spacial score (nSPS) is 16.2. The van der Waals surface area contributed by atoms with Crippen LogP contribution in [0.4, 0.5) is 0 Å². The summed E-state index contributed by atoms with van der Waals surface area (Å²) in [7, 11) is 3.60. The molecule has 2 rings (SSSR count). The van der Waals surface area contributed by atoms with E-state index in [9.17, 15) is 4.79 Å². The summed E-state index contributed by atoms with van der Waals surface area (Å²) in [5.74, 6) is 0.170. The van der Waals surface area contributed by atoms with Crippen LogP contribution in [0.3, 0.4) is 0 Å². The predicted octanol–water partition coefficient (Wildman–Crippen LogP) is 1.20. The van der Waals surface area contributed by atoms with E-state index in [1.807, 2.05) is 24.3 Å². The molecular formula is C17H24N4O. The summed E-state index contributed by atoms with van der Waals surface area (Å²) in [5, 5.41) is 12.4. The Kier molecular flexibility index (Phi) is 5.93. The van der Waals surface area contributed by atoms with Crippen molar-refractivity contribution in [3.8, 4) is 6.07 Å². The molecule has 22 heavy (non-hydrogen) atoms. The van der Waals surface area contributed by atoms with E-state index in [2.05, 4.69) is 16.3 Å². The molecule has 118 valence electrons. The second kappa shape index (κ2) is 7.92. The number of piperidine rings is 1. The van der Waals surface area contributed by atoms with E-state index in [1.165, 1.54) is 5.56 Å². The summed E-state index contributed by atoms with van der Waals surface area (Å²) in [6.07, 6.45) is 2.13. The average Bonchev–Trinajstić information content (AvgIpc) is 2.54. The highest BCUT2D eigenvalue weighted by atomic mass is 16.2. The first-order chi connectivity index (χ1) is 10.6. The molecule has 1 heterocycles. The molecule has 1 fully saturated rings. The minimum Gasteiger partial charge on any atom is -0.348 e. The van der Waals surface area contributed by atoms with Gasteiger partial charge in [-0.25, -0.2) is 0 Å². The third-order valence-corrected chi connectivity index (χ3v) is 4.12. The van der Waals surface area contributed by atoms with Gasteiger partial charge in [0.25, 0.3) is 0 Å². The Labute approximate surface area is 132 Å². The summed E-state index contributed by atoms with van der Waals surface area (Å²) in [4.78, 5) is 15.6. The number of hydrogen-bond acceptors (Lipinski definition) is 4. The second-order valence-corrected chi connectivity index (χ2v) is 6.03. The van der Waals surface area contributed by atoms with Crippen molar-refractivity contribution >= 4 is 5.91 Å². The second-order valence-electron chi connectivity index (χ2n) is 6.03. The molecule has 1 amide bonds. The minimum atomic E-state index is 0.170. The number of carbonyl (C=O) groups excluding carboxylic acids is 1. The third-order valence-electron chi connectivity index (χ3n) is 4.12. The third kappa shape index (κ3) is 4.83. The number of nitrogens with zero attached hydrogens (tertiary/aromatic N) is 3. The van der Waals surface area contributed by atoms with Crippen LogP contribution in [-0.2, 0) is 11.3 Å². The van der Waals surface area contributed by atoms with Crippen molar-refractivity contribution in [1.29, 1.82) is 5.26 Å². The quantitative estimate of drug-likeness (QED) is 0.888. The van der Waals surface area contributed by atoms with Crippen LogP contribution in [0.25, 0.3) is 0 Å². The first-order valence-corrected chi connectivity index (χ1v) is 7.73. The number of likely N-dealkylation sites (tertiary alicyclic amines) is 1. The van der Waals surface area contributed by atoms with Crippen LogP contribution < -0.4 is 5.32 Å². The molecule has 1 aliphatic rings. The molecule has 0 bridgehead atoms. The number of carbonyl (C=O) groups is 1. The van der Waals surface area contributed by atoms with Crippen molar-refractivity contribution in [2.45, 2.75) is 25.4 Å². The maximum absolute atomic E-state index is 11.7. The van der Waals surface area contributed by atoms with Crippen molar-refractivity contribution in [3.05, 3.63) is 35.4 Å². The Morgan fingerprint density at radius 2 is 1.95 bits per heavy atom. The van der Waals surface area contributed by atoms with E-state index in [0.717, 1.165) is 32.5 Å². The van der Waals surface area contributed by atoms with Gasteiger partial charge in [-0.1, -0.05) is 12.1 Å². The molecule has 1 aromatic carbocycles. The number of nitriles is 1. The highest BCUT2D eigenvalue weighted by Gasteiger charge is 2.20. The first-order valence-electron chi connectivity index (χ1n) is 7.73. The van der Waals surface area contributed by atoms with Gasteiger partial charge in [0.2, 0.25) is 5.91 Å². The van der Waals surface area contributed by atoms with E-state index in [-0.39, 0.29) is 5.91 Å². The highest BCUT2D eigenvalue weighted by Crippen LogP contribution is 2.11. The lowest BCUT2D eigenvalue weighted by molar-refractivity contribution is -0.130. The maximum atomic E-state index is 11.7. The van der Waals surface area contributed by atoms with Crippen LogP contribution >= 0.6 is 0 Å². The highest BCUT2D eigenvalue weighted by molar-refractivity contribution is 5.77. The molecule has 0 unspecified atom stereocenters. The topological polar surface area (TPSA) is 59.4 Å². The fraction of sp³-hybridized carbons (Fsp3) is 0.529. The number of amides is 1. The smallest absolute Gasteiger partial charge is 0.236 e. The Bertz CT molecular complexity index is 525. The van der Waals surface area contributed by atoms with Crippen molar-refractivity contribution in [1.82, 2.24) is 15.1 Å². The van der Waals surface area contributed by atoms with Gasteiger partial charge < -0.3 is 10.2 Å². The van der Waals surface area contributed by atoms with Crippen LogP contribution in [-0.4, -0.2) is 55.5 Å². The van der Waals surface area contributed by atoms with Gasteiger partial charge in [-0.3, -0.25) is 9.69 Å². The zero-order chi connectivity index (χ0) is 15.9. The largest absolute Gasteiger partial charge is 0.348 e. The van der Waals surface area contributed by atoms with Crippen molar-refractivity contribution in [2.24, 2.45) is 0 Å². The van der Waals surface area contributed by atoms with E-state index in [0.29, 0.717) is 18.2 Å². The molecule has 0 atom stereocenters. The summed E-state index contributed by atoms with van der Waals surface area (Å²) in [5.41, 5.74) is 1.90. The lowest BCUT2D eigenvalue weighted by Crippen LogP contribution is -2.45. The summed E-state index contributed by atoms with van der Waals surface area (Å²) < 4.78 is 0. The maximum Gasteiger partial charge on any atom is 0.236 e. The van der Waals surface area contributed by atoms with Crippen molar-refractivity contribution in [3.63, 3.8) is 0 Å². The first kappa shape index (κ1) is 16.5. The van der Waals surface area contributed by atoms with Gasteiger partial charge in [0.05, 0.1) is 18.2 Å². The minimum absolute atomic E-state index is 0.170. The Hall–Kier alpha value is -1.90.